The van der Waals surface area contributed by atoms with Gasteiger partial charge in [0.1, 0.15) is 18.2 Å². The molecule has 2 aromatic carbocycles. The average Bonchev–Trinajstić information content (AvgIpc) is 3.07. The van der Waals surface area contributed by atoms with Crippen molar-refractivity contribution in [1.82, 2.24) is 0 Å². The van der Waals surface area contributed by atoms with E-state index in [1.165, 1.54) is 45.2 Å². The Kier molecular flexibility index (Phi) is 5.94. The van der Waals surface area contributed by atoms with Crippen molar-refractivity contribution in [3.63, 3.8) is 0 Å². The van der Waals surface area contributed by atoms with E-state index in [4.69, 9.17) is 9.47 Å². The minimum Gasteiger partial charge on any atom is -0.496 e. The number of cyclic esters (lactones) is 1. The summed E-state index contributed by atoms with van der Waals surface area (Å²) in [7, 11) is 1.28. The summed E-state index contributed by atoms with van der Waals surface area (Å²) in [5.74, 6) is -2.87. The first-order valence-corrected chi connectivity index (χ1v) is 9.53. The molecule has 1 heterocycles. The van der Waals surface area contributed by atoms with Crippen LogP contribution in [0.1, 0.15) is 41.8 Å². The maximum atomic E-state index is 14.0. The lowest BCUT2D eigenvalue weighted by molar-refractivity contribution is -0.254. The monoisotopic (exact) mass is 455 g/mol. The van der Waals surface area contributed by atoms with Crippen molar-refractivity contribution in [2.75, 3.05) is 12.4 Å². The summed E-state index contributed by atoms with van der Waals surface area (Å²) in [5.41, 5.74) is -4.67. The third-order valence-electron chi connectivity index (χ3n) is 5.37. The van der Waals surface area contributed by atoms with Crippen LogP contribution in [-0.4, -0.2) is 35.9 Å². The fourth-order valence-corrected chi connectivity index (χ4v) is 3.70. The number of amides is 1. The molecule has 0 aromatic heterocycles. The number of esters is 1. The van der Waals surface area contributed by atoms with E-state index < -0.39 is 41.3 Å². The Balaban J connectivity index is 1.94. The van der Waals surface area contributed by atoms with E-state index >= 15 is 0 Å². The molecule has 1 atom stereocenters. The second-order valence-corrected chi connectivity index (χ2v) is 8.17. The van der Waals surface area contributed by atoms with Gasteiger partial charge in [-0.2, -0.15) is 13.2 Å². The zero-order valence-corrected chi connectivity index (χ0v) is 17.5. The van der Waals surface area contributed by atoms with Crippen molar-refractivity contribution in [3.8, 4) is 5.75 Å². The van der Waals surface area contributed by atoms with Gasteiger partial charge in [0.15, 0.2) is 0 Å². The second-order valence-electron chi connectivity index (χ2n) is 8.17. The first-order chi connectivity index (χ1) is 14.8. The molecular formula is C22H21F4NO5. The van der Waals surface area contributed by atoms with E-state index in [0.717, 1.165) is 12.1 Å². The van der Waals surface area contributed by atoms with Crippen LogP contribution < -0.4 is 10.1 Å². The van der Waals surface area contributed by atoms with Gasteiger partial charge in [0.05, 0.1) is 12.7 Å². The summed E-state index contributed by atoms with van der Waals surface area (Å²) in [6, 6.07) is 7.20. The number of alkyl halides is 3. The molecule has 172 valence electrons. The topological polar surface area (TPSA) is 84.9 Å². The molecule has 32 heavy (non-hydrogen) atoms. The molecule has 1 aliphatic heterocycles. The quantitative estimate of drug-likeness (QED) is 0.506. The highest BCUT2D eigenvalue weighted by molar-refractivity contribution is 5.99. The van der Waals surface area contributed by atoms with E-state index in [2.05, 4.69) is 5.32 Å². The van der Waals surface area contributed by atoms with Crippen LogP contribution in [0, 0.1) is 5.82 Å². The minimum absolute atomic E-state index is 0.0455. The van der Waals surface area contributed by atoms with Gasteiger partial charge < -0.3 is 19.9 Å². The van der Waals surface area contributed by atoms with Crippen LogP contribution >= 0.6 is 0 Å². The van der Waals surface area contributed by atoms with Crippen molar-refractivity contribution in [3.05, 3.63) is 58.9 Å². The van der Waals surface area contributed by atoms with E-state index in [-0.39, 0.29) is 29.2 Å². The van der Waals surface area contributed by atoms with Gasteiger partial charge in [-0.15, -0.1) is 0 Å². The fraction of sp³-hybridized carbons (Fsp3) is 0.364. The lowest BCUT2D eigenvalue weighted by Crippen LogP contribution is -2.57. The van der Waals surface area contributed by atoms with Crippen LogP contribution in [-0.2, 0) is 21.6 Å². The summed E-state index contributed by atoms with van der Waals surface area (Å²) in [6.07, 6.45) is -6.45. The summed E-state index contributed by atoms with van der Waals surface area (Å²) in [4.78, 5) is 24.2. The van der Waals surface area contributed by atoms with E-state index in [9.17, 15) is 32.3 Å². The molecule has 0 saturated carbocycles. The zero-order valence-electron chi connectivity index (χ0n) is 17.5. The number of carbonyl (C=O) groups is 2. The Morgan fingerprint density at radius 1 is 1.19 bits per heavy atom. The number of methoxy groups -OCH3 is 1. The molecule has 1 unspecified atom stereocenters. The Bertz CT molecular complexity index is 1070. The molecular weight excluding hydrogens is 434 g/mol. The molecule has 2 aromatic rings. The first-order valence-electron chi connectivity index (χ1n) is 9.53. The van der Waals surface area contributed by atoms with Gasteiger partial charge in [-0.25, -0.2) is 9.18 Å². The molecule has 0 bridgehead atoms. The summed E-state index contributed by atoms with van der Waals surface area (Å²) >= 11 is 0. The Morgan fingerprint density at radius 3 is 2.50 bits per heavy atom. The molecule has 0 radical (unpaired) electrons. The third kappa shape index (κ3) is 4.27. The van der Waals surface area contributed by atoms with Gasteiger partial charge in [-0.1, -0.05) is 13.8 Å². The summed E-state index contributed by atoms with van der Waals surface area (Å²) in [6.45, 7) is 2.60. The van der Waals surface area contributed by atoms with Gasteiger partial charge in [0.25, 0.3) is 5.91 Å². The summed E-state index contributed by atoms with van der Waals surface area (Å²) < 4.78 is 65.6. The maximum Gasteiger partial charge on any atom is 0.426 e. The van der Waals surface area contributed by atoms with Crippen LogP contribution in [0.25, 0.3) is 0 Å². The molecule has 3 rings (SSSR count). The SMILES string of the molecule is COc1ccc(F)cc1C(C)(C)CC(O)(C(=O)Nc1ccc2c(c1)COC2=O)C(F)(F)F. The van der Waals surface area contributed by atoms with Crippen LogP contribution in [0.2, 0.25) is 0 Å². The molecule has 1 amide bonds. The van der Waals surface area contributed by atoms with E-state index in [1.807, 2.05) is 0 Å². The number of fused-ring (bicyclic) bond motifs is 1. The smallest absolute Gasteiger partial charge is 0.426 e. The lowest BCUT2D eigenvalue weighted by Gasteiger charge is -2.37. The fourth-order valence-electron chi connectivity index (χ4n) is 3.70. The Hall–Kier alpha value is -3.14. The minimum atomic E-state index is -5.34. The average molecular weight is 455 g/mol. The molecule has 1 aliphatic rings. The van der Waals surface area contributed by atoms with Crippen molar-refractivity contribution >= 4 is 17.6 Å². The predicted octanol–water partition coefficient (Wildman–Crippen LogP) is 4.10. The van der Waals surface area contributed by atoms with Gasteiger partial charge in [-0.05, 0) is 41.8 Å². The highest BCUT2D eigenvalue weighted by Gasteiger charge is 2.61. The predicted molar refractivity (Wildman–Crippen MR) is 106 cm³/mol. The number of rotatable bonds is 6. The second kappa shape index (κ2) is 8.09. The van der Waals surface area contributed by atoms with Crippen LogP contribution in [0.4, 0.5) is 23.2 Å². The molecule has 6 nitrogen and oxygen atoms in total. The van der Waals surface area contributed by atoms with Gasteiger partial charge in [-0.3, -0.25) is 4.79 Å². The van der Waals surface area contributed by atoms with Crippen molar-refractivity contribution in [1.29, 1.82) is 0 Å². The molecule has 2 N–H and O–H groups in total. The van der Waals surface area contributed by atoms with Gasteiger partial charge >= 0.3 is 12.1 Å². The number of aliphatic hydroxyl groups is 1. The van der Waals surface area contributed by atoms with E-state index in [0.29, 0.717) is 5.56 Å². The van der Waals surface area contributed by atoms with Crippen LogP contribution in [0.3, 0.4) is 0 Å². The van der Waals surface area contributed by atoms with Gasteiger partial charge in [0, 0.05) is 23.2 Å². The number of hydrogen-bond acceptors (Lipinski definition) is 5. The number of ether oxygens (including phenoxy) is 2. The molecule has 10 heteroatoms. The number of carbonyl (C=O) groups excluding carboxylic acids is 2. The number of anilines is 1. The Labute approximate surface area is 181 Å². The van der Waals surface area contributed by atoms with Crippen molar-refractivity contribution in [2.24, 2.45) is 0 Å². The first kappa shape index (κ1) is 23.5. The number of hydrogen-bond donors (Lipinski definition) is 2. The van der Waals surface area contributed by atoms with Gasteiger partial charge in [0.2, 0.25) is 5.60 Å². The van der Waals surface area contributed by atoms with Crippen molar-refractivity contribution < 1.29 is 41.7 Å². The molecule has 0 saturated heterocycles. The highest BCUT2D eigenvalue weighted by atomic mass is 19.4. The normalized spacial score (nSPS) is 15.6. The van der Waals surface area contributed by atoms with Crippen LogP contribution in [0.5, 0.6) is 5.75 Å². The Morgan fingerprint density at radius 2 is 1.88 bits per heavy atom. The number of halogens is 4. The highest BCUT2D eigenvalue weighted by Crippen LogP contribution is 2.44. The molecule has 0 fully saturated rings. The number of nitrogens with one attached hydrogen (secondary N) is 1. The standard InChI is InChI=1S/C22H21F4NO5/c1-20(2,16-9-13(23)4-7-17(16)31-3)11-21(30,22(24,25)26)19(29)27-14-5-6-15-12(8-14)10-32-18(15)28/h4-9,30H,10-11H2,1-3H3,(H,27,29). The van der Waals surface area contributed by atoms with E-state index in [1.54, 1.807) is 0 Å². The van der Waals surface area contributed by atoms with Crippen LogP contribution in [0.15, 0.2) is 36.4 Å². The third-order valence-corrected chi connectivity index (χ3v) is 5.37. The summed E-state index contributed by atoms with van der Waals surface area (Å²) in [5, 5.41) is 12.7. The zero-order chi connectivity index (χ0) is 23.9. The number of benzene rings is 2. The lowest BCUT2D eigenvalue weighted by atomic mass is 9.74. The largest absolute Gasteiger partial charge is 0.496 e. The van der Waals surface area contributed by atoms with Crippen molar-refractivity contribution in [2.45, 2.75) is 44.1 Å². The molecule has 0 spiro atoms. The molecule has 0 aliphatic carbocycles. The maximum absolute atomic E-state index is 14.0.